The van der Waals surface area contributed by atoms with E-state index in [4.69, 9.17) is 0 Å². The predicted molar refractivity (Wildman–Crippen MR) is 72.9 cm³/mol. The van der Waals surface area contributed by atoms with Gasteiger partial charge in [-0.05, 0) is 38.6 Å². The summed E-state index contributed by atoms with van der Waals surface area (Å²) in [5, 5.41) is 3.71. The molecule has 0 radical (unpaired) electrons. The second-order valence-corrected chi connectivity index (χ2v) is 6.37. The van der Waals surface area contributed by atoms with E-state index in [1.165, 1.54) is 38.6 Å². The van der Waals surface area contributed by atoms with Gasteiger partial charge < -0.3 is 5.32 Å². The molecule has 92 valence electrons. The summed E-state index contributed by atoms with van der Waals surface area (Å²) in [4.78, 5) is 2.61. The molecule has 0 aromatic heterocycles. The van der Waals surface area contributed by atoms with E-state index in [1.54, 1.807) is 0 Å². The zero-order chi connectivity index (χ0) is 11.5. The fraction of sp³-hybridized carbons (Fsp3) is 0.846. The van der Waals surface area contributed by atoms with E-state index < -0.39 is 0 Å². The van der Waals surface area contributed by atoms with Crippen LogP contribution in [0.2, 0.25) is 0 Å². The Morgan fingerprint density at radius 1 is 1.38 bits per heavy atom. The minimum Gasteiger partial charge on any atom is -0.311 e. The van der Waals surface area contributed by atoms with E-state index in [1.807, 2.05) is 0 Å². The Hall–Kier alpha value is 0.140. The summed E-state index contributed by atoms with van der Waals surface area (Å²) in [5.74, 6) is 0. The smallest absolute Gasteiger partial charge is 0.0296 e. The van der Waals surface area contributed by atoms with E-state index in [2.05, 4.69) is 39.6 Å². The Labute approximate surface area is 108 Å². The van der Waals surface area contributed by atoms with E-state index in [9.17, 15) is 0 Å². The maximum Gasteiger partial charge on any atom is 0.0296 e. The summed E-state index contributed by atoms with van der Waals surface area (Å²) in [5.41, 5.74) is 0. The number of hydrogen-bond donors (Lipinski definition) is 1. The van der Waals surface area contributed by atoms with Gasteiger partial charge in [0.2, 0.25) is 0 Å². The lowest BCUT2D eigenvalue weighted by atomic mass is 9.98. The second kappa shape index (κ2) is 5.65. The molecule has 0 spiro atoms. The van der Waals surface area contributed by atoms with E-state index >= 15 is 0 Å². The van der Waals surface area contributed by atoms with Gasteiger partial charge in [0, 0.05) is 29.2 Å². The number of piperidine rings is 1. The molecule has 0 aromatic carbocycles. The normalized spacial score (nSPS) is 33.3. The van der Waals surface area contributed by atoms with Gasteiger partial charge in [-0.25, -0.2) is 0 Å². The van der Waals surface area contributed by atoms with Crippen LogP contribution >= 0.6 is 15.9 Å². The largest absolute Gasteiger partial charge is 0.311 e. The third-order valence-corrected chi connectivity index (χ3v) is 4.10. The fourth-order valence-electron chi connectivity index (χ4n) is 3.22. The molecule has 2 bridgehead atoms. The molecule has 2 saturated heterocycles. The minimum atomic E-state index is 0.771. The van der Waals surface area contributed by atoms with E-state index in [-0.39, 0.29) is 0 Å². The van der Waals surface area contributed by atoms with E-state index in [0.717, 1.165) is 29.2 Å². The van der Waals surface area contributed by atoms with Gasteiger partial charge in [0.25, 0.3) is 0 Å². The lowest BCUT2D eigenvalue weighted by Gasteiger charge is -2.37. The van der Waals surface area contributed by atoms with Crippen molar-refractivity contribution in [1.82, 2.24) is 10.2 Å². The van der Waals surface area contributed by atoms with Crippen LogP contribution in [0.15, 0.2) is 11.1 Å². The molecular formula is C13H23BrN2. The molecule has 2 aliphatic rings. The van der Waals surface area contributed by atoms with Gasteiger partial charge in [0.1, 0.15) is 0 Å². The Kier molecular flexibility index (Phi) is 4.45. The molecule has 2 fully saturated rings. The predicted octanol–water partition coefficient (Wildman–Crippen LogP) is 2.89. The highest BCUT2D eigenvalue weighted by Crippen LogP contribution is 2.30. The van der Waals surface area contributed by atoms with Gasteiger partial charge in [0.15, 0.2) is 0 Å². The van der Waals surface area contributed by atoms with Crippen LogP contribution in [0.1, 0.15) is 39.0 Å². The van der Waals surface area contributed by atoms with E-state index in [0.29, 0.717) is 0 Å². The minimum absolute atomic E-state index is 0.771. The van der Waals surface area contributed by atoms with Crippen LogP contribution in [0.25, 0.3) is 0 Å². The first-order valence-electron chi connectivity index (χ1n) is 6.52. The molecular weight excluding hydrogens is 264 g/mol. The van der Waals surface area contributed by atoms with Crippen LogP contribution in [0.3, 0.4) is 0 Å². The van der Waals surface area contributed by atoms with Crippen LogP contribution in [0, 0.1) is 0 Å². The van der Waals surface area contributed by atoms with Crippen molar-refractivity contribution in [2.45, 2.75) is 57.2 Å². The van der Waals surface area contributed by atoms with Gasteiger partial charge in [0.05, 0.1) is 0 Å². The van der Waals surface area contributed by atoms with Crippen molar-refractivity contribution in [1.29, 1.82) is 0 Å². The Morgan fingerprint density at radius 2 is 2.00 bits per heavy atom. The third kappa shape index (κ3) is 3.08. The van der Waals surface area contributed by atoms with Crippen molar-refractivity contribution in [3.8, 4) is 0 Å². The van der Waals surface area contributed by atoms with Gasteiger partial charge in [-0.1, -0.05) is 29.4 Å². The zero-order valence-electron chi connectivity index (χ0n) is 10.2. The molecule has 2 heterocycles. The van der Waals surface area contributed by atoms with Crippen molar-refractivity contribution in [2.24, 2.45) is 0 Å². The third-order valence-electron chi connectivity index (χ3n) is 3.85. The maximum absolute atomic E-state index is 3.99. The van der Waals surface area contributed by atoms with Gasteiger partial charge in [-0.2, -0.15) is 0 Å². The Bertz CT molecular complexity index is 242. The molecule has 2 unspecified atom stereocenters. The van der Waals surface area contributed by atoms with Gasteiger partial charge in [-0.15, -0.1) is 0 Å². The molecule has 2 aliphatic heterocycles. The summed E-state index contributed by atoms with van der Waals surface area (Å²) in [6.07, 6.45) is 6.67. The average Bonchev–Trinajstić information content (AvgIpc) is 2.56. The summed E-state index contributed by atoms with van der Waals surface area (Å²) < 4.78 is 1.12. The lowest BCUT2D eigenvalue weighted by molar-refractivity contribution is 0.155. The highest BCUT2D eigenvalue weighted by Gasteiger charge is 2.35. The van der Waals surface area contributed by atoms with Crippen LogP contribution < -0.4 is 5.32 Å². The molecule has 2 atom stereocenters. The zero-order valence-corrected chi connectivity index (χ0v) is 11.8. The molecule has 16 heavy (non-hydrogen) atoms. The number of halogens is 1. The standard InChI is InChI=1S/C13H23BrN2/c1-3-6-16(9-10(2)14)13-7-11-4-5-12(8-13)15-11/h11-13,15H,2-9H2,1H3. The second-order valence-electron chi connectivity index (χ2n) is 5.25. The van der Waals surface area contributed by atoms with Crippen molar-refractivity contribution in [2.75, 3.05) is 13.1 Å². The molecule has 0 aliphatic carbocycles. The first-order chi connectivity index (χ1) is 7.69. The molecule has 0 amide bonds. The number of nitrogens with one attached hydrogen (secondary N) is 1. The molecule has 3 heteroatoms. The quantitative estimate of drug-likeness (QED) is 0.836. The van der Waals surface area contributed by atoms with Crippen LogP contribution in [-0.2, 0) is 0 Å². The summed E-state index contributed by atoms with van der Waals surface area (Å²) in [6.45, 7) is 8.46. The Morgan fingerprint density at radius 3 is 2.50 bits per heavy atom. The molecule has 0 saturated carbocycles. The van der Waals surface area contributed by atoms with Crippen molar-refractivity contribution in [3.63, 3.8) is 0 Å². The molecule has 1 N–H and O–H groups in total. The monoisotopic (exact) mass is 286 g/mol. The summed E-state index contributed by atoms with van der Waals surface area (Å²) in [6, 6.07) is 2.34. The summed E-state index contributed by atoms with van der Waals surface area (Å²) in [7, 11) is 0. The van der Waals surface area contributed by atoms with Gasteiger partial charge in [-0.3, -0.25) is 4.90 Å². The highest BCUT2D eigenvalue weighted by molar-refractivity contribution is 9.11. The van der Waals surface area contributed by atoms with Crippen LogP contribution in [-0.4, -0.2) is 36.1 Å². The van der Waals surface area contributed by atoms with Crippen molar-refractivity contribution < 1.29 is 0 Å². The highest BCUT2D eigenvalue weighted by atomic mass is 79.9. The van der Waals surface area contributed by atoms with Crippen LogP contribution in [0.5, 0.6) is 0 Å². The topological polar surface area (TPSA) is 15.3 Å². The summed E-state index contributed by atoms with van der Waals surface area (Å²) >= 11 is 3.51. The SMILES string of the molecule is C=C(Br)CN(CCC)C1CC2CCC(C1)N2. The number of rotatable bonds is 5. The first kappa shape index (κ1) is 12.6. The van der Waals surface area contributed by atoms with Crippen LogP contribution in [0.4, 0.5) is 0 Å². The average molecular weight is 287 g/mol. The van der Waals surface area contributed by atoms with Gasteiger partial charge >= 0.3 is 0 Å². The number of fused-ring (bicyclic) bond motifs is 2. The number of hydrogen-bond acceptors (Lipinski definition) is 2. The molecule has 2 rings (SSSR count). The fourth-order valence-corrected chi connectivity index (χ4v) is 3.55. The number of nitrogens with zero attached hydrogens (tertiary/aromatic N) is 1. The molecule has 0 aromatic rings. The Balaban J connectivity index is 1.94. The lowest BCUT2D eigenvalue weighted by Crippen LogP contribution is -2.48. The van der Waals surface area contributed by atoms with Crippen molar-refractivity contribution in [3.05, 3.63) is 11.1 Å². The molecule has 2 nitrogen and oxygen atoms in total. The maximum atomic E-state index is 3.99. The van der Waals surface area contributed by atoms with Crippen molar-refractivity contribution >= 4 is 15.9 Å². The first-order valence-corrected chi connectivity index (χ1v) is 7.31.